The van der Waals surface area contributed by atoms with Gasteiger partial charge in [-0.05, 0) is 42.0 Å². The van der Waals surface area contributed by atoms with Gasteiger partial charge in [-0.1, -0.05) is 30.3 Å². The Morgan fingerprint density at radius 2 is 2.08 bits per heavy atom. The van der Waals surface area contributed by atoms with E-state index in [1.165, 1.54) is 15.8 Å². The monoisotopic (exact) mass is 362 g/mol. The minimum Gasteiger partial charge on any atom is -0.295 e. The number of hydrogen-bond acceptors (Lipinski definition) is 4. The van der Waals surface area contributed by atoms with Crippen LogP contribution in [0.1, 0.15) is 22.9 Å². The summed E-state index contributed by atoms with van der Waals surface area (Å²) in [6, 6.07) is 11.8. The molecule has 24 heavy (non-hydrogen) atoms. The highest BCUT2D eigenvalue weighted by molar-refractivity contribution is 7.92. The molecule has 128 valence electrons. The number of sulfonamides is 1. The number of nitrogens with one attached hydrogen (secondary N) is 1. The van der Waals surface area contributed by atoms with Gasteiger partial charge in [0.1, 0.15) is 0 Å². The molecule has 0 saturated heterocycles. The highest BCUT2D eigenvalue weighted by Crippen LogP contribution is 2.25. The van der Waals surface area contributed by atoms with E-state index in [2.05, 4.69) is 28.0 Å². The van der Waals surface area contributed by atoms with Crippen LogP contribution in [0.3, 0.4) is 0 Å². The van der Waals surface area contributed by atoms with E-state index in [1.54, 1.807) is 6.08 Å². The maximum absolute atomic E-state index is 12.1. The fourth-order valence-corrected chi connectivity index (χ4v) is 4.59. The third-order valence-corrected chi connectivity index (χ3v) is 6.37. The quantitative estimate of drug-likeness (QED) is 0.859. The van der Waals surface area contributed by atoms with Crippen molar-refractivity contribution < 1.29 is 8.42 Å². The summed E-state index contributed by atoms with van der Waals surface area (Å²) in [5.74, 6) is 0. The number of benzene rings is 1. The van der Waals surface area contributed by atoms with Crippen molar-refractivity contribution in [1.82, 2.24) is 9.62 Å². The summed E-state index contributed by atoms with van der Waals surface area (Å²) < 4.78 is 27.0. The van der Waals surface area contributed by atoms with Gasteiger partial charge in [-0.2, -0.15) is 0 Å². The molecule has 3 rings (SSSR count). The Labute approximate surface area is 147 Å². The molecule has 1 aromatic heterocycles. The van der Waals surface area contributed by atoms with Gasteiger partial charge in [-0.25, -0.2) is 13.1 Å². The molecule has 1 atom stereocenters. The lowest BCUT2D eigenvalue weighted by Crippen LogP contribution is -2.43. The summed E-state index contributed by atoms with van der Waals surface area (Å²) in [6.45, 7) is 4.37. The molecule has 0 spiro atoms. The van der Waals surface area contributed by atoms with E-state index in [1.807, 2.05) is 41.7 Å². The van der Waals surface area contributed by atoms with Crippen LogP contribution in [0.25, 0.3) is 6.08 Å². The maximum Gasteiger partial charge on any atom is 0.233 e. The number of fused-ring (bicyclic) bond motifs is 1. The Kier molecular flexibility index (Phi) is 5.50. The molecule has 0 saturated carbocycles. The van der Waals surface area contributed by atoms with Gasteiger partial charge in [0.25, 0.3) is 0 Å². The second-order valence-electron chi connectivity index (χ2n) is 6.05. The predicted octanol–water partition coefficient (Wildman–Crippen LogP) is 3.09. The largest absolute Gasteiger partial charge is 0.295 e. The smallest absolute Gasteiger partial charge is 0.233 e. The van der Waals surface area contributed by atoms with Gasteiger partial charge in [-0.15, -0.1) is 11.3 Å². The molecule has 6 heteroatoms. The zero-order valence-electron chi connectivity index (χ0n) is 13.7. The lowest BCUT2D eigenvalue weighted by molar-refractivity contribution is 0.193. The average Bonchev–Trinajstić information content (AvgIpc) is 3.07. The number of hydrogen-bond donors (Lipinski definition) is 1. The van der Waals surface area contributed by atoms with Crippen molar-refractivity contribution in [3.8, 4) is 0 Å². The van der Waals surface area contributed by atoms with E-state index in [9.17, 15) is 8.42 Å². The summed E-state index contributed by atoms with van der Waals surface area (Å²) in [7, 11) is -3.42. The Morgan fingerprint density at radius 3 is 2.88 bits per heavy atom. The van der Waals surface area contributed by atoms with Crippen LogP contribution in [-0.4, -0.2) is 32.4 Å². The van der Waals surface area contributed by atoms with Crippen molar-refractivity contribution in [2.45, 2.75) is 25.9 Å². The number of rotatable bonds is 6. The van der Waals surface area contributed by atoms with Gasteiger partial charge >= 0.3 is 0 Å². The van der Waals surface area contributed by atoms with Crippen LogP contribution in [-0.2, 0) is 23.0 Å². The maximum atomic E-state index is 12.1. The van der Waals surface area contributed by atoms with Crippen molar-refractivity contribution in [2.75, 3.05) is 13.1 Å². The Hall–Kier alpha value is -1.47. The fourth-order valence-electron chi connectivity index (χ4n) is 2.79. The second kappa shape index (κ2) is 7.61. The van der Waals surface area contributed by atoms with Crippen LogP contribution < -0.4 is 4.72 Å². The van der Waals surface area contributed by atoms with Crippen LogP contribution in [0.15, 0.2) is 47.2 Å². The molecule has 2 heterocycles. The van der Waals surface area contributed by atoms with E-state index in [-0.39, 0.29) is 6.04 Å². The summed E-state index contributed by atoms with van der Waals surface area (Å²) in [5, 5.41) is 3.37. The van der Waals surface area contributed by atoms with Gasteiger partial charge in [-0.3, -0.25) is 4.90 Å². The number of thiophene rings is 1. The Balaban J connectivity index is 1.54. The van der Waals surface area contributed by atoms with E-state index >= 15 is 0 Å². The fraction of sp³-hybridized carbons (Fsp3) is 0.333. The SMILES string of the molecule is CC(CNS(=O)(=O)/C=C/c1ccccc1)N1CCc2sccc2C1. The van der Waals surface area contributed by atoms with Crippen LogP contribution in [0, 0.1) is 0 Å². The predicted molar refractivity (Wildman–Crippen MR) is 100 cm³/mol. The standard InChI is InChI=1S/C18H22N2O2S2/c1-15(20-10-7-18-17(14-20)8-11-23-18)13-19-24(21,22)12-9-16-5-3-2-4-6-16/h2-6,8-9,11-12,15,19H,7,10,13-14H2,1H3/b12-9+. The van der Waals surface area contributed by atoms with E-state index in [0.717, 1.165) is 25.1 Å². The van der Waals surface area contributed by atoms with Crippen LogP contribution in [0.5, 0.6) is 0 Å². The zero-order valence-corrected chi connectivity index (χ0v) is 15.3. The minimum absolute atomic E-state index is 0.165. The van der Waals surface area contributed by atoms with E-state index < -0.39 is 10.0 Å². The molecule has 1 aliphatic heterocycles. The van der Waals surface area contributed by atoms with Gasteiger partial charge < -0.3 is 0 Å². The van der Waals surface area contributed by atoms with Gasteiger partial charge in [0.2, 0.25) is 10.0 Å². The molecule has 0 fully saturated rings. The lowest BCUT2D eigenvalue weighted by atomic mass is 10.1. The third-order valence-electron chi connectivity index (χ3n) is 4.28. The van der Waals surface area contributed by atoms with E-state index in [4.69, 9.17) is 0 Å². The normalized spacial score (nSPS) is 17.0. The molecule has 4 nitrogen and oxygen atoms in total. The third kappa shape index (κ3) is 4.54. The molecular formula is C18H22N2O2S2. The lowest BCUT2D eigenvalue weighted by Gasteiger charge is -2.32. The van der Waals surface area contributed by atoms with Crippen molar-refractivity contribution >= 4 is 27.4 Å². The van der Waals surface area contributed by atoms with Gasteiger partial charge in [0.05, 0.1) is 0 Å². The van der Waals surface area contributed by atoms with Gasteiger partial charge in [0, 0.05) is 36.0 Å². The summed E-state index contributed by atoms with van der Waals surface area (Å²) in [5.41, 5.74) is 2.25. The second-order valence-corrected chi connectivity index (χ2v) is 8.70. The molecule has 2 aromatic rings. The highest BCUT2D eigenvalue weighted by Gasteiger charge is 2.22. The Morgan fingerprint density at radius 1 is 1.29 bits per heavy atom. The molecule has 0 bridgehead atoms. The first-order valence-electron chi connectivity index (χ1n) is 8.05. The topological polar surface area (TPSA) is 49.4 Å². The first-order chi connectivity index (χ1) is 11.5. The van der Waals surface area contributed by atoms with E-state index in [0.29, 0.717) is 6.54 Å². The van der Waals surface area contributed by atoms with Crippen LogP contribution in [0.4, 0.5) is 0 Å². The van der Waals surface area contributed by atoms with Crippen LogP contribution >= 0.6 is 11.3 Å². The first-order valence-corrected chi connectivity index (χ1v) is 10.5. The molecular weight excluding hydrogens is 340 g/mol. The van der Waals surface area contributed by atoms with Crippen molar-refractivity contribution in [3.05, 3.63) is 63.2 Å². The Bertz CT molecular complexity index is 797. The first kappa shape index (κ1) is 17.4. The summed E-state index contributed by atoms with van der Waals surface area (Å²) in [4.78, 5) is 3.79. The molecule has 0 radical (unpaired) electrons. The highest BCUT2D eigenvalue weighted by atomic mass is 32.2. The minimum atomic E-state index is -3.42. The molecule has 1 aromatic carbocycles. The van der Waals surface area contributed by atoms with Crippen molar-refractivity contribution in [1.29, 1.82) is 0 Å². The molecule has 1 unspecified atom stereocenters. The van der Waals surface area contributed by atoms with Gasteiger partial charge in [0.15, 0.2) is 0 Å². The molecule has 1 N–H and O–H groups in total. The summed E-state index contributed by atoms with van der Waals surface area (Å²) in [6.07, 6.45) is 2.67. The van der Waals surface area contributed by atoms with Crippen LogP contribution in [0.2, 0.25) is 0 Å². The molecule has 1 aliphatic rings. The molecule has 0 amide bonds. The number of nitrogens with zero attached hydrogens (tertiary/aromatic N) is 1. The molecule has 0 aliphatic carbocycles. The average molecular weight is 363 g/mol. The van der Waals surface area contributed by atoms with Crippen molar-refractivity contribution in [3.63, 3.8) is 0 Å². The zero-order chi connectivity index (χ0) is 17.0. The summed E-state index contributed by atoms with van der Waals surface area (Å²) >= 11 is 1.81. The van der Waals surface area contributed by atoms with Crippen molar-refractivity contribution in [2.24, 2.45) is 0 Å².